The SMILES string of the molecule is COC(=O)[C@@H]1C[C@@H]2CCCC[C@@H]2N1C(=O)[C@H]1C[C@@H]1c1ccc(F)cc1. The summed E-state index contributed by atoms with van der Waals surface area (Å²) < 4.78 is 18.1. The number of carbonyl (C=O) groups excluding carboxylic acids is 2. The molecule has 1 aromatic rings. The van der Waals surface area contributed by atoms with E-state index in [2.05, 4.69) is 0 Å². The van der Waals surface area contributed by atoms with E-state index >= 15 is 0 Å². The molecule has 4 nitrogen and oxygen atoms in total. The van der Waals surface area contributed by atoms with Crippen molar-refractivity contribution >= 4 is 11.9 Å². The van der Waals surface area contributed by atoms with E-state index < -0.39 is 6.04 Å². The number of likely N-dealkylation sites (tertiary alicyclic amines) is 1. The Labute approximate surface area is 147 Å². The van der Waals surface area contributed by atoms with Crippen LogP contribution in [-0.4, -0.2) is 36.0 Å². The zero-order chi connectivity index (χ0) is 17.6. The van der Waals surface area contributed by atoms with Crippen LogP contribution in [0.5, 0.6) is 0 Å². The molecule has 1 heterocycles. The van der Waals surface area contributed by atoms with Crippen molar-refractivity contribution in [2.75, 3.05) is 7.11 Å². The number of carbonyl (C=O) groups is 2. The first-order chi connectivity index (χ1) is 12.1. The van der Waals surface area contributed by atoms with Crippen LogP contribution >= 0.6 is 0 Å². The monoisotopic (exact) mass is 345 g/mol. The Balaban J connectivity index is 1.53. The van der Waals surface area contributed by atoms with Gasteiger partial charge in [0.05, 0.1) is 7.11 Å². The number of esters is 1. The quantitative estimate of drug-likeness (QED) is 0.790. The predicted molar refractivity (Wildman–Crippen MR) is 90.3 cm³/mol. The van der Waals surface area contributed by atoms with Gasteiger partial charge in [0.25, 0.3) is 0 Å². The van der Waals surface area contributed by atoms with Gasteiger partial charge in [-0.2, -0.15) is 0 Å². The van der Waals surface area contributed by atoms with Crippen molar-refractivity contribution < 1.29 is 18.7 Å². The molecule has 1 aliphatic heterocycles. The third kappa shape index (κ3) is 2.94. The number of benzene rings is 1. The van der Waals surface area contributed by atoms with E-state index in [1.165, 1.54) is 25.7 Å². The summed E-state index contributed by atoms with van der Waals surface area (Å²) in [5, 5.41) is 0. The Morgan fingerprint density at radius 3 is 2.56 bits per heavy atom. The van der Waals surface area contributed by atoms with Gasteiger partial charge in [-0.25, -0.2) is 9.18 Å². The van der Waals surface area contributed by atoms with Crippen molar-refractivity contribution in [3.8, 4) is 0 Å². The van der Waals surface area contributed by atoms with Gasteiger partial charge in [0.2, 0.25) is 5.91 Å². The highest BCUT2D eigenvalue weighted by Gasteiger charge is 2.54. The number of hydrogen-bond acceptors (Lipinski definition) is 3. The summed E-state index contributed by atoms with van der Waals surface area (Å²) in [6.07, 6.45) is 5.89. The number of nitrogens with zero attached hydrogens (tertiary/aromatic N) is 1. The fourth-order valence-corrected chi connectivity index (χ4v) is 4.86. The van der Waals surface area contributed by atoms with Gasteiger partial charge in [-0.15, -0.1) is 0 Å². The third-order valence-corrected chi connectivity index (χ3v) is 6.22. The van der Waals surface area contributed by atoms with Crippen molar-refractivity contribution in [3.05, 3.63) is 35.6 Å². The molecule has 5 atom stereocenters. The van der Waals surface area contributed by atoms with Crippen LogP contribution in [0.15, 0.2) is 24.3 Å². The maximum atomic E-state index is 13.2. The molecule has 4 rings (SSSR count). The predicted octanol–water partition coefficient (Wildman–Crippen LogP) is 3.26. The minimum atomic E-state index is -0.430. The first kappa shape index (κ1) is 16.6. The molecule has 0 N–H and O–H groups in total. The summed E-state index contributed by atoms with van der Waals surface area (Å²) >= 11 is 0. The average Bonchev–Trinajstić information content (AvgIpc) is 3.34. The van der Waals surface area contributed by atoms with Gasteiger partial charge in [-0.1, -0.05) is 25.0 Å². The van der Waals surface area contributed by atoms with Gasteiger partial charge in [0.1, 0.15) is 11.9 Å². The normalized spacial score (nSPS) is 33.7. The van der Waals surface area contributed by atoms with Gasteiger partial charge in [-0.3, -0.25) is 4.79 Å². The summed E-state index contributed by atoms with van der Waals surface area (Å²) in [5.41, 5.74) is 1.01. The Morgan fingerprint density at radius 2 is 1.84 bits per heavy atom. The lowest BCUT2D eigenvalue weighted by Crippen LogP contribution is -2.47. The first-order valence-electron chi connectivity index (χ1n) is 9.25. The molecule has 0 spiro atoms. The number of amides is 1. The molecule has 25 heavy (non-hydrogen) atoms. The molecule has 2 saturated carbocycles. The zero-order valence-corrected chi connectivity index (χ0v) is 14.5. The van der Waals surface area contributed by atoms with Crippen molar-refractivity contribution in [1.82, 2.24) is 4.90 Å². The van der Waals surface area contributed by atoms with E-state index in [0.29, 0.717) is 5.92 Å². The second-order valence-corrected chi connectivity index (χ2v) is 7.63. The van der Waals surface area contributed by atoms with Crippen molar-refractivity contribution in [2.45, 2.75) is 56.5 Å². The van der Waals surface area contributed by atoms with Crippen LogP contribution in [-0.2, 0) is 14.3 Å². The van der Waals surface area contributed by atoms with Crippen LogP contribution in [0.1, 0.15) is 50.0 Å². The van der Waals surface area contributed by atoms with Crippen LogP contribution in [0.4, 0.5) is 4.39 Å². The maximum Gasteiger partial charge on any atom is 0.328 e. The molecule has 1 saturated heterocycles. The van der Waals surface area contributed by atoms with Crippen LogP contribution in [0.2, 0.25) is 0 Å². The molecule has 1 aromatic carbocycles. The number of fused-ring (bicyclic) bond motifs is 1. The highest BCUT2D eigenvalue weighted by atomic mass is 19.1. The number of rotatable bonds is 3. The van der Waals surface area contributed by atoms with E-state index in [1.807, 2.05) is 4.90 Å². The minimum Gasteiger partial charge on any atom is -0.467 e. The molecule has 0 radical (unpaired) electrons. The van der Waals surface area contributed by atoms with E-state index in [-0.39, 0.29) is 35.6 Å². The third-order valence-electron chi connectivity index (χ3n) is 6.22. The van der Waals surface area contributed by atoms with Gasteiger partial charge >= 0.3 is 5.97 Å². The Hall–Kier alpha value is -1.91. The number of methoxy groups -OCH3 is 1. The number of ether oxygens (including phenoxy) is 1. The summed E-state index contributed by atoms with van der Waals surface area (Å²) in [6, 6.07) is 6.16. The van der Waals surface area contributed by atoms with E-state index in [9.17, 15) is 14.0 Å². The Morgan fingerprint density at radius 1 is 1.12 bits per heavy atom. The van der Waals surface area contributed by atoms with Crippen LogP contribution in [0.25, 0.3) is 0 Å². The molecular formula is C20H24FNO3. The second kappa shape index (κ2) is 6.43. The fraction of sp³-hybridized carbons (Fsp3) is 0.600. The summed E-state index contributed by atoms with van der Waals surface area (Å²) in [7, 11) is 1.39. The molecule has 0 unspecified atom stereocenters. The zero-order valence-electron chi connectivity index (χ0n) is 14.5. The largest absolute Gasteiger partial charge is 0.467 e. The molecule has 3 aliphatic rings. The molecule has 2 aliphatic carbocycles. The van der Waals surface area contributed by atoms with Gasteiger partial charge in [0, 0.05) is 12.0 Å². The summed E-state index contributed by atoms with van der Waals surface area (Å²) in [4.78, 5) is 27.3. The molecule has 0 bridgehead atoms. The maximum absolute atomic E-state index is 13.2. The lowest BCUT2D eigenvalue weighted by atomic mass is 9.84. The Bertz CT molecular complexity index is 674. The van der Waals surface area contributed by atoms with E-state index in [1.54, 1.807) is 12.1 Å². The van der Waals surface area contributed by atoms with Crippen LogP contribution in [0.3, 0.4) is 0 Å². The molecule has 3 fully saturated rings. The summed E-state index contributed by atoms with van der Waals surface area (Å²) in [5.74, 6) is 0.0145. The van der Waals surface area contributed by atoms with Crippen LogP contribution in [0, 0.1) is 17.7 Å². The van der Waals surface area contributed by atoms with Gasteiger partial charge in [0.15, 0.2) is 0 Å². The van der Waals surface area contributed by atoms with E-state index in [4.69, 9.17) is 4.74 Å². The standard InChI is InChI=1S/C20H24FNO3/c1-25-20(24)18-10-13-4-2-3-5-17(13)22(18)19(23)16-11-15(16)12-6-8-14(21)9-7-12/h6-9,13,15-18H,2-5,10-11H2,1H3/t13-,15+,16-,17-,18-/m0/s1. The van der Waals surface area contributed by atoms with Crippen molar-refractivity contribution in [3.63, 3.8) is 0 Å². The average molecular weight is 345 g/mol. The van der Waals surface area contributed by atoms with E-state index in [0.717, 1.165) is 37.7 Å². The Kier molecular flexibility index (Phi) is 4.26. The smallest absolute Gasteiger partial charge is 0.328 e. The highest BCUT2D eigenvalue weighted by molar-refractivity contribution is 5.89. The fourth-order valence-electron chi connectivity index (χ4n) is 4.86. The minimum absolute atomic E-state index is 0.0825. The first-order valence-corrected chi connectivity index (χ1v) is 9.25. The molecule has 5 heteroatoms. The molecule has 134 valence electrons. The van der Waals surface area contributed by atoms with Gasteiger partial charge in [-0.05, 0) is 55.2 Å². The number of halogens is 1. The molecular weight excluding hydrogens is 321 g/mol. The lowest BCUT2D eigenvalue weighted by molar-refractivity contribution is -0.153. The van der Waals surface area contributed by atoms with Crippen LogP contribution < -0.4 is 0 Å². The second-order valence-electron chi connectivity index (χ2n) is 7.63. The van der Waals surface area contributed by atoms with Crippen molar-refractivity contribution in [2.24, 2.45) is 11.8 Å². The highest BCUT2D eigenvalue weighted by Crippen LogP contribution is 2.51. The van der Waals surface area contributed by atoms with Gasteiger partial charge < -0.3 is 9.64 Å². The molecule has 1 amide bonds. The number of hydrogen-bond donors (Lipinski definition) is 0. The lowest BCUT2D eigenvalue weighted by Gasteiger charge is -2.33. The molecule has 0 aromatic heterocycles. The summed E-state index contributed by atoms with van der Waals surface area (Å²) in [6.45, 7) is 0. The van der Waals surface area contributed by atoms with Crippen molar-refractivity contribution in [1.29, 1.82) is 0 Å². The topological polar surface area (TPSA) is 46.6 Å².